The van der Waals surface area contributed by atoms with Gasteiger partial charge in [-0.15, -0.1) is 0 Å². The minimum atomic E-state index is -3.73. The summed E-state index contributed by atoms with van der Waals surface area (Å²) in [5, 5.41) is 4.43. The van der Waals surface area contributed by atoms with Crippen LogP contribution < -0.4 is 4.72 Å². The minimum absolute atomic E-state index is 0.0571. The van der Waals surface area contributed by atoms with Crippen LogP contribution in [0.4, 0.5) is 10.1 Å². The van der Waals surface area contributed by atoms with Crippen LogP contribution in [0.1, 0.15) is 31.9 Å². The van der Waals surface area contributed by atoms with Gasteiger partial charge in [0.1, 0.15) is 5.82 Å². The van der Waals surface area contributed by atoms with Gasteiger partial charge in [0.2, 0.25) is 0 Å². The lowest BCUT2D eigenvalue weighted by atomic mass is 9.87. The lowest BCUT2D eigenvalue weighted by Crippen LogP contribution is -2.14. The van der Waals surface area contributed by atoms with Crippen LogP contribution in [-0.4, -0.2) is 18.2 Å². The fourth-order valence-corrected chi connectivity index (χ4v) is 3.93. The van der Waals surface area contributed by atoms with E-state index in [0.29, 0.717) is 17.8 Å². The first kappa shape index (κ1) is 20.4. The molecule has 2 aromatic carbocycles. The Morgan fingerprint density at radius 3 is 2.43 bits per heavy atom. The second-order valence-electron chi connectivity index (χ2n) is 7.54. The third-order valence-corrected chi connectivity index (χ3v) is 6.01. The molecule has 0 spiro atoms. The van der Waals surface area contributed by atoms with Gasteiger partial charge in [0, 0.05) is 11.2 Å². The van der Waals surface area contributed by atoms with Gasteiger partial charge in [-0.2, -0.15) is 5.10 Å². The molecule has 0 fully saturated rings. The van der Waals surface area contributed by atoms with Gasteiger partial charge in [-0.3, -0.25) is 9.40 Å². The summed E-state index contributed by atoms with van der Waals surface area (Å²) in [4.78, 5) is 0.176. The van der Waals surface area contributed by atoms with Crippen molar-refractivity contribution < 1.29 is 12.8 Å². The summed E-state index contributed by atoms with van der Waals surface area (Å²) in [7, 11) is -3.73. The number of nitrogens with one attached hydrogen (secondary N) is 1. The van der Waals surface area contributed by atoms with Crippen molar-refractivity contribution in [2.45, 2.75) is 37.6 Å². The third-order valence-electron chi connectivity index (χ3n) is 4.26. The lowest BCUT2D eigenvalue weighted by Gasteiger charge is -2.19. The Balaban J connectivity index is 1.75. The second kappa shape index (κ2) is 7.56. The predicted octanol–water partition coefficient (Wildman–Crippen LogP) is 4.82. The molecule has 3 rings (SSSR count). The lowest BCUT2D eigenvalue weighted by molar-refractivity contribution is 0.587. The SMILES string of the molecule is CC(C)(C)c1ccc(S(=O)(=O)Nc2cnn(Cc3ccc(F)cc3Cl)c2)cc1. The van der Waals surface area contributed by atoms with E-state index in [2.05, 4.69) is 30.6 Å². The molecule has 0 saturated heterocycles. The molecule has 0 unspecified atom stereocenters. The number of hydrogen-bond donors (Lipinski definition) is 1. The first-order chi connectivity index (χ1) is 13.0. The summed E-state index contributed by atoms with van der Waals surface area (Å²) in [5.41, 5.74) is 2.00. The van der Waals surface area contributed by atoms with E-state index >= 15 is 0 Å². The molecule has 0 saturated carbocycles. The Kier molecular flexibility index (Phi) is 5.50. The van der Waals surface area contributed by atoms with Crippen LogP contribution in [0.3, 0.4) is 0 Å². The number of sulfonamides is 1. The van der Waals surface area contributed by atoms with Crippen LogP contribution in [0.5, 0.6) is 0 Å². The highest BCUT2D eigenvalue weighted by Crippen LogP contribution is 2.24. The van der Waals surface area contributed by atoms with Crippen LogP contribution in [-0.2, 0) is 22.0 Å². The molecule has 1 N–H and O–H groups in total. The zero-order chi connectivity index (χ0) is 20.5. The molecule has 1 aromatic heterocycles. The molecule has 0 aliphatic carbocycles. The largest absolute Gasteiger partial charge is 0.276 e. The molecule has 0 bridgehead atoms. The van der Waals surface area contributed by atoms with Crippen molar-refractivity contribution in [1.29, 1.82) is 0 Å². The summed E-state index contributed by atoms with van der Waals surface area (Å²) in [6.45, 7) is 6.49. The molecular weight excluding hydrogens is 401 g/mol. The maximum atomic E-state index is 13.1. The van der Waals surface area contributed by atoms with Gasteiger partial charge in [0.25, 0.3) is 10.0 Å². The Morgan fingerprint density at radius 1 is 1.14 bits per heavy atom. The van der Waals surface area contributed by atoms with Crippen molar-refractivity contribution in [1.82, 2.24) is 9.78 Å². The highest BCUT2D eigenvalue weighted by atomic mass is 35.5. The van der Waals surface area contributed by atoms with E-state index in [0.717, 1.165) is 5.56 Å². The number of anilines is 1. The van der Waals surface area contributed by atoms with Crippen molar-refractivity contribution in [3.8, 4) is 0 Å². The summed E-state index contributed by atoms with van der Waals surface area (Å²) in [5.74, 6) is -0.417. The van der Waals surface area contributed by atoms with Crippen molar-refractivity contribution in [2.24, 2.45) is 0 Å². The normalized spacial score (nSPS) is 12.2. The van der Waals surface area contributed by atoms with Crippen molar-refractivity contribution in [3.63, 3.8) is 0 Å². The van der Waals surface area contributed by atoms with Gasteiger partial charge in [0.15, 0.2) is 0 Å². The summed E-state index contributed by atoms with van der Waals surface area (Å²) < 4.78 is 42.4. The van der Waals surface area contributed by atoms with Crippen LogP contribution in [0.15, 0.2) is 59.8 Å². The maximum Gasteiger partial charge on any atom is 0.261 e. The molecule has 0 atom stereocenters. The molecule has 0 aliphatic rings. The number of hydrogen-bond acceptors (Lipinski definition) is 3. The quantitative estimate of drug-likeness (QED) is 0.642. The zero-order valence-corrected chi connectivity index (χ0v) is 17.4. The Labute approximate surface area is 169 Å². The molecule has 8 heteroatoms. The van der Waals surface area contributed by atoms with E-state index in [4.69, 9.17) is 11.6 Å². The Hall–Kier alpha value is -2.38. The van der Waals surface area contributed by atoms with Crippen LogP contribution >= 0.6 is 11.6 Å². The number of aromatic nitrogens is 2. The highest BCUT2D eigenvalue weighted by Gasteiger charge is 2.18. The van der Waals surface area contributed by atoms with E-state index in [9.17, 15) is 12.8 Å². The van der Waals surface area contributed by atoms with E-state index < -0.39 is 15.8 Å². The van der Waals surface area contributed by atoms with Crippen LogP contribution in [0.2, 0.25) is 5.02 Å². The van der Waals surface area contributed by atoms with Gasteiger partial charge < -0.3 is 0 Å². The fraction of sp³-hybridized carbons (Fsp3) is 0.250. The zero-order valence-electron chi connectivity index (χ0n) is 15.8. The molecule has 0 amide bonds. The number of nitrogens with zero attached hydrogens (tertiary/aromatic N) is 2. The summed E-state index contributed by atoms with van der Waals surface area (Å²) in [6, 6.07) is 10.9. The van der Waals surface area contributed by atoms with Gasteiger partial charge in [-0.1, -0.05) is 50.6 Å². The van der Waals surface area contributed by atoms with E-state index in [1.807, 2.05) is 12.1 Å². The van der Waals surface area contributed by atoms with E-state index in [1.54, 1.807) is 24.4 Å². The van der Waals surface area contributed by atoms with Crippen molar-refractivity contribution in [2.75, 3.05) is 4.72 Å². The molecular formula is C20H21ClFN3O2S. The molecule has 0 aliphatic heterocycles. The minimum Gasteiger partial charge on any atom is -0.276 e. The maximum absolute atomic E-state index is 13.1. The summed E-state index contributed by atoms with van der Waals surface area (Å²) in [6.07, 6.45) is 2.97. The van der Waals surface area contributed by atoms with Gasteiger partial charge in [-0.05, 0) is 40.8 Å². The first-order valence-electron chi connectivity index (χ1n) is 8.64. The first-order valence-corrected chi connectivity index (χ1v) is 10.5. The Bertz CT molecular complexity index is 1090. The smallest absolute Gasteiger partial charge is 0.261 e. The van der Waals surface area contributed by atoms with Crippen molar-refractivity contribution in [3.05, 3.63) is 76.8 Å². The third kappa shape index (κ3) is 4.72. The second-order valence-corrected chi connectivity index (χ2v) is 9.63. The molecule has 0 radical (unpaired) electrons. The Morgan fingerprint density at radius 2 is 1.82 bits per heavy atom. The fourth-order valence-electron chi connectivity index (χ4n) is 2.68. The predicted molar refractivity (Wildman–Crippen MR) is 109 cm³/mol. The van der Waals surface area contributed by atoms with Crippen molar-refractivity contribution >= 4 is 27.3 Å². The topological polar surface area (TPSA) is 64.0 Å². The molecule has 1 heterocycles. The van der Waals surface area contributed by atoms with Crippen LogP contribution in [0, 0.1) is 5.82 Å². The average molecular weight is 422 g/mol. The molecule has 148 valence electrons. The number of rotatable bonds is 5. The standard InChI is InChI=1S/C20H21ClFN3O2S/c1-20(2,3)15-5-8-18(9-6-15)28(26,27)24-17-11-23-25(13-17)12-14-4-7-16(22)10-19(14)21/h4-11,13,24H,12H2,1-3H3. The molecule has 5 nitrogen and oxygen atoms in total. The van der Waals surface area contributed by atoms with Gasteiger partial charge in [-0.25, -0.2) is 12.8 Å². The van der Waals surface area contributed by atoms with Gasteiger partial charge in [0.05, 0.1) is 23.3 Å². The highest BCUT2D eigenvalue weighted by molar-refractivity contribution is 7.92. The monoisotopic (exact) mass is 421 g/mol. The van der Waals surface area contributed by atoms with E-state index in [1.165, 1.54) is 23.0 Å². The number of halogens is 2. The van der Waals surface area contributed by atoms with Gasteiger partial charge >= 0.3 is 0 Å². The molecule has 28 heavy (non-hydrogen) atoms. The average Bonchev–Trinajstić information content (AvgIpc) is 3.03. The number of benzene rings is 2. The summed E-state index contributed by atoms with van der Waals surface area (Å²) >= 11 is 6.02. The van der Waals surface area contributed by atoms with E-state index in [-0.39, 0.29) is 15.3 Å². The molecule has 3 aromatic rings. The van der Waals surface area contributed by atoms with Crippen LogP contribution in [0.25, 0.3) is 0 Å².